The molecule has 0 atom stereocenters. The number of hydrogen-bond donors (Lipinski definition) is 1. The van der Waals surface area contributed by atoms with E-state index in [1.54, 1.807) is 4.90 Å². The molecule has 2 amide bonds. The van der Waals surface area contributed by atoms with Gasteiger partial charge in [-0.15, -0.1) is 0 Å². The number of carbonyl (C=O) groups excluding carboxylic acids is 1. The Labute approximate surface area is 93.2 Å². The molecule has 3 nitrogen and oxygen atoms in total. The summed E-state index contributed by atoms with van der Waals surface area (Å²) in [4.78, 5) is 13.4. The molecule has 1 rings (SSSR count). The standard InChI is InChI=1S/C12H24N2O/c1-3-14(2)12(15)13-11-9-7-5-4-6-8-10-11/h11H,3-10H2,1-2H3,(H,13,15). The highest BCUT2D eigenvalue weighted by molar-refractivity contribution is 5.74. The highest BCUT2D eigenvalue weighted by Gasteiger charge is 2.15. The molecule has 1 N–H and O–H groups in total. The van der Waals surface area contributed by atoms with E-state index in [0.717, 1.165) is 19.4 Å². The molecule has 1 fully saturated rings. The number of nitrogens with one attached hydrogen (secondary N) is 1. The van der Waals surface area contributed by atoms with Crippen LogP contribution in [0.2, 0.25) is 0 Å². The second-order valence-corrected chi connectivity index (χ2v) is 4.51. The molecule has 0 aromatic carbocycles. The first-order valence-corrected chi connectivity index (χ1v) is 6.25. The van der Waals surface area contributed by atoms with Gasteiger partial charge in [0.1, 0.15) is 0 Å². The van der Waals surface area contributed by atoms with E-state index < -0.39 is 0 Å². The molecule has 88 valence electrons. The van der Waals surface area contributed by atoms with Crippen LogP contribution in [0.15, 0.2) is 0 Å². The fourth-order valence-corrected chi connectivity index (χ4v) is 2.03. The van der Waals surface area contributed by atoms with E-state index in [0.29, 0.717) is 6.04 Å². The van der Waals surface area contributed by atoms with E-state index in [9.17, 15) is 4.79 Å². The van der Waals surface area contributed by atoms with Crippen LogP contribution in [0, 0.1) is 0 Å². The predicted molar refractivity (Wildman–Crippen MR) is 62.9 cm³/mol. The van der Waals surface area contributed by atoms with E-state index >= 15 is 0 Å². The number of urea groups is 1. The maximum absolute atomic E-state index is 11.7. The molecule has 0 spiro atoms. The van der Waals surface area contributed by atoms with Crippen LogP contribution in [0.25, 0.3) is 0 Å². The van der Waals surface area contributed by atoms with Crippen molar-refractivity contribution in [2.75, 3.05) is 13.6 Å². The molecule has 1 saturated carbocycles. The van der Waals surface area contributed by atoms with Gasteiger partial charge in [-0.1, -0.05) is 32.1 Å². The zero-order valence-electron chi connectivity index (χ0n) is 10.1. The lowest BCUT2D eigenvalue weighted by Crippen LogP contribution is -2.43. The number of carbonyl (C=O) groups is 1. The van der Waals surface area contributed by atoms with Gasteiger partial charge in [0.05, 0.1) is 0 Å². The molecule has 1 aliphatic carbocycles. The summed E-state index contributed by atoms with van der Waals surface area (Å²) in [5, 5.41) is 3.12. The minimum Gasteiger partial charge on any atom is -0.335 e. The fourth-order valence-electron chi connectivity index (χ4n) is 2.03. The second-order valence-electron chi connectivity index (χ2n) is 4.51. The average molecular weight is 212 g/mol. The zero-order chi connectivity index (χ0) is 11.1. The van der Waals surface area contributed by atoms with Gasteiger partial charge in [0.25, 0.3) is 0 Å². The van der Waals surface area contributed by atoms with Crippen LogP contribution in [0.4, 0.5) is 4.79 Å². The Morgan fingerprint density at radius 3 is 2.27 bits per heavy atom. The predicted octanol–water partition coefficient (Wildman–Crippen LogP) is 2.76. The zero-order valence-corrected chi connectivity index (χ0v) is 10.1. The van der Waals surface area contributed by atoms with Crippen LogP contribution in [-0.2, 0) is 0 Å². The van der Waals surface area contributed by atoms with Crippen molar-refractivity contribution in [3.63, 3.8) is 0 Å². The molecule has 1 aliphatic rings. The van der Waals surface area contributed by atoms with Crippen LogP contribution in [-0.4, -0.2) is 30.6 Å². The normalized spacial score (nSPS) is 19.1. The summed E-state index contributed by atoms with van der Waals surface area (Å²) in [5.74, 6) is 0. The first kappa shape index (κ1) is 12.3. The van der Waals surface area contributed by atoms with Crippen LogP contribution in [0.1, 0.15) is 51.9 Å². The van der Waals surface area contributed by atoms with Crippen molar-refractivity contribution in [2.45, 2.75) is 57.9 Å². The topological polar surface area (TPSA) is 32.3 Å². The van der Waals surface area contributed by atoms with Gasteiger partial charge in [0.15, 0.2) is 0 Å². The van der Waals surface area contributed by atoms with Crippen molar-refractivity contribution in [2.24, 2.45) is 0 Å². The molecule has 0 heterocycles. The van der Waals surface area contributed by atoms with E-state index in [-0.39, 0.29) is 6.03 Å². The third-order valence-corrected chi connectivity index (χ3v) is 3.25. The average Bonchev–Trinajstić information content (AvgIpc) is 2.20. The van der Waals surface area contributed by atoms with Crippen LogP contribution >= 0.6 is 0 Å². The smallest absolute Gasteiger partial charge is 0.317 e. The molecule has 0 saturated heterocycles. The summed E-state index contributed by atoms with van der Waals surface area (Å²) in [6, 6.07) is 0.495. The summed E-state index contributed by atoms with van der Waals surface area (Å²) in [5.41, 5.74) is 0. The quantitative estimate of drug-likeness (QED) is 0.750. The fraction of sp³-hybridized carbons (Fsp3) is 0.917. The molecular formula is C12H24N2O. The monoisotopic (exact) mass is 212 g/mol. The first-order chi connectivity index (χ1) is 7.24. The summed E-state index contributed by atoms with van der Waals surface area (Å²) in [6.45, 7) is 2.77. The summed E-state index contributed by atoms with van der Waals surface area (Å²) in [7, 11) is 1.85. The van der Waals surface area contributed by atoms with Crippen molar-refractivity contribution < 1.29 is 4.79 Å². The number of amides is 2. The third kappa shape index (κ3) is 4.54. The molecule has 0 aromatic heterocycles. The molecule has 3 heteroatoms. The van der Waals surface area contributed by atoms with E-state index in [2.05, 4.69) is 5.32 Å². The minimum atomic E-state index is 0.0862. The Kier molecular flexibility index (Phi) is 5.51. The van der Waals surface area contributed by atoms with Crippen molar-refractivity contribution in [3.8, 4) is 0 Å². The molecule has 15 heavy (non-hydrogen) atoms. The van der Waals surface area contributed by atoms with Crippen LogP contribution in [0.5, 0.6) is 0 Å². The molecule has 0 aliphatic heterocycles. The van der Waals surface area contributed by atoms with E-state index in [4.69, 9.17) is 0 Å². The Hall–Kier alpha value is -0.730. The van der Waals surface area contributed by atoms with Crippen molar-refractivity contribution in [3.05, 3.63) is 0 Å². The van der Waals surface area contributed by atoms with Gasteiger partial charge in [-0.25, -0.2) is 4.79 Å². The highest BCUT2D eigenvalue weighted by Crippen LogP contribution is 2.17. The van der Waals surface area contributed by atoms with Gasteiger partial charge >= 0.3 is 6.03 Å². The maximum atomic E-state index is 11.7. The number of nitrogens with zero attached hydrogens (tertiary/aromatic N) is 1. The Morgan fingerprint density at radius 2 is 1.73 bits per heavy atom. The van der Waals surface area contributed by atoms with E-state index in [1.807, 2.05) is 14.0 Å². The summed E-state index contributed by atoms with van der Waals surface area (Å²) in [6.07, 6.45) is 8.87. The van der Waals surface area contributed by atoms with Gasteiger partial charge in [0, 0.05) is 19.6 Å². The number of rotatable bonds is 2. The Morgan fingerprint density at radius 1 is 1.20 bits per heavy atom. The molecule has 0 bridgehead atoms. The van der Waals surface area contributed by atoms with Crippen LogP contribution in [0.3, 0.4) is 0 Å². The van der Waals surface area contributed by atoms with Gasteiger partial charge in [-0.2, -0.15) is 0 Å². The lowest BCUT2D eigenvalue weighted by atomic mass is 9.97. The Bertz CT molecular complexity index is 186. The van der Waals surface area contributed by atoms with Crippen molar-refractivity contribution in [1.82, 2.24) is 10.2 Å². The maximum Gasteiger partial charge on any atom is 0.317 e. The largest absolute Gasteiger partial charge is 0.335 e. The van der Waals surface area contributed by atoms with Gasteiger partial charge in [-0.05, 0) is 19.8 Å². The highest BCUT2D eigenvalue weighted by atomic mass is 16.2. The minimum absolute atomic E-state index is 0.0862. The van der Waals surface area contributed by atoms with Crippen LogP contribution < -0.4 is 5.32 Å². The van der Waals surface area contributed by atoms with Crippen molar-refractivity contribution in [1.29, 1.82) is 0 Å². The molecule has 0 unspecified atom stereocenters. The van der Waals surface area contributed by atoms with Gasteiger partial charge < -0.3 is 10.2 Å². The molecule has 0 radical (unpaired) electrons. The Balaban J connectivity index is 2.31. The molecular weight excluding hydrogens is 188 g/mol. The van der Waals surface area contributed by atoms with E-state index in [1.165, 1.54) is 32.1 Å². The first-order valence-electron chi connectivity index (χ1n) is 6.25. The summed E-state index contributed by atoms with van der Waals surface area (Å²) < 4.78 is 0. The lowest BCUT2D eigenvalue weighted by molar-refractivity contribution is 0.204. The SMILES string of the molecule is CCN(C)C(=O)NC1CCCCCCC1. The molecule has 0 aromatic rings. The van der Waals surface area contributed by atoms with Gasteiger partial charge in [0.2, 0.25) is 0 Å². The van der Waals surface area contributed by atoms with Gasteiger partial charge in [-0.3, -0.25) is 0 Å². The summed E-state index contributed by atoms with van der Waals surface area (Å²) >= 11 is 0. The second kappa shape index (κ2) is 6.70. The third-order valence-electron chi connectivity index (χ3n) is 3.25. The number of hydrogen-bond acceptors (Lipinski definition) is 1. The lowest BCUT2D eigenvalue weighted by Gasteiger charge is -2.24. The van der Waals surface area contributed by atoms with Crippen molar-refractivity contribution >= 4 is 6.03 Å².